The first-order valence-corrected chi connectivity index (χ1v) is 9.44. The number of benzene rings is 2. The van der Waals surface area contributed by atoms with Crippen LogP contribution in [-0.2, 0) is 6.42 Å². The monoisotopic (exact) mass is 391 g/mol. The van der Waals surface area contributed by atoms with E-state index < -0.39 is 5.60 Å². The molecule has 2 aromatic rings. The van der Waals surface area contributed by atoms with Crippen molar-refractivity contribution >= 4 is 12.4 Å². The van der Waals surface area contributed by atoms with Crippen LogP contribution in [0, 0.1) is 6.92 Å². The van der Waals surface area contributed by atoms with E-state index in [0.29, 0.717) is 25.1 Å². The second kappa shape index (κ2) is 9.45. The molecular weight excluding hydrogens is 362 g/mol. The van der Waals surface area contributed by atoms with Crippen molar-refractivity contribution in [1.29, 1.82) is 0 Å². The van der Waals surface area contributed by atoms with Crippen molar-refractivity contribution in [2.45, 2.75) is 44.8 Å². The summed E-state index contributed by atoms with van der Waals surface area (Å²) in [6, 6.07) is 15.1. The molecule has 1 aliphatic heterocycles. The van der Waals surface area contributed by atoms with E-state index in [1.165, 1.54) is 5.56 Å². The molecule has 27 heavy (non-hydrogen) atoms. The first-order valence-electron chi connectivity index (χ1n) is 9.44. The highest BCUT2D eigenvalue weighted by atomic mass is 35.5. The first kappa shape index (κ1) is 21.5. The molecule has 2 N–H and O–H groups in total. The maximum atomic E-state index is 11.5. The van der Waals surface area contributed by atoms with Gasteiger partial charge in [-0.15, -0.1) is 12.4 Å². The molecule has 2 unspecified atom stereocenters. The van der Waals surface area contributed by atoms with Crippen LogP contribution in [0.2, 0.25) is 0 Å². The number of aliphatic hydroxyl groups is 1. The SMILES string of the molecule is CCCN1CCC(O)(Cc2ccc(C)cc2)C(Oc2cccc(O)c2)C1.Cl. The summed E-state index contributed by atoms with van der Waals surface area (Å²) in [5.41, 5.74) is 1.41. The van der Waals surface area contributed by atoms with Crippen molar-refractivity contribution in [1.82, 2.24) is 4.90 Å². The van der Waals surface area contributed by atoms with E-state index in [2.05, 4.69) is 43.0 Å². The maximum absolute atomic E-state index is 11.5. The molecule has 5 heteroatoms. The number of hydrogen-bond donors (Lipinski definition) is 2. The third-order valence-electron chi connectivity index (χ3n) is 5.15. The molecule has 1 fully saturated rings. The number of aromatic hydroxyl groups is 1. The fourth-order valence-corrected chi connectivity index (χ4v) is 3.66. The van der Waals surface area contributed by atoms with Gasteiger partial charge >= 0.3 is 0 Å². The number of piperidine rings is 1. The van der Waals surface area contributed by atoms with Crippen molar-refractivity contribution in [3.63, 3.8) is 0 Å². The van der Waals surface area contributed by atoms with Crippen molar-refractivity contribution in [3.05, 3.63) is 59.7 Å². The van der Waals surface area contributed by atoms with Gasteiger partial charge in [-0.3, -0.25) is 4.90 Å². The number of nitrogens with zero attached hydrogens (tertiary/aromatic N) is 1. The molecule has 4 nitrogen and oxygen atoms in total. The molecule has 2 atom stereocenters. The lowest BCUT2D eigenvalue weighted by Crippen LogP contribution is -2.59. The highest BCUT2D eigenvalue weighted by molar-refractivity contribution is 5.85. The minimum atomic E-state index is -0.926. The van der Waals surface area contributed by atoms with Gasteiger partial charge in [0.1, 0.15) is 23.2 Å². The quantitative estimate of drug-likeness (QED) is 0.782. The molecule has 0 radical (unpaired) electrons. The fourth-order valence-electron chi connectivity index (χ4n) is 3.66. The standard InChI is InChI=1S/C22H29NO3.ClH/c1-3-12-23-13-11-22(25,15-18-9-7-17(2)8-10-18)21(16-23)26-20-6-4-5-19(24)14-20;/h4-10,14,21,24-25H,3,11-13,15-16H2,1-2H3;1H. The lowest BCUT2D eigenvalue weighted by Gasteiger charge is -2.44. The molecular formula is C22H30ClNO3. The van der Waals surface area contributed by atoms with Crippen molar-refractivity contribution in [3.8, 4) is 11.5 Å². The van der Waals surface area contributed by atoms with E-state index in [0.717, 1.165) is 25.1 Å². The number of likely N-dealkylation sites (tertiary alicyclic amines) is 1. The van der Waals surface area contributed by atoms with E-state index in [1.807, 2.05) is 6.07 Å². The summed E-state index contributed by atoms with van der Waals surface area (Å²) in [5.74, 6) is 0.765. The number of rotatable bonds is 6. The van der Waals surface area contributed by atoms with Gasteiger partial charge in [-0.2, -0.15) is 0 Å². The summed E-state index contributed by atoms with van der Waals surface area (Å²) in [5, 5.41) is 21.2. The molecule has 0 amide bonds. The summed E-state index contributed by atoms with van der Waals surface area (Å²) >= 11 is 0. The van der Waals surface area contributed by atoms with Gasteiger partial charge in [0.05, 0.1) is 0 Å². The molecule has 0 bridgehead atoms. The Morgan fingerprint density at radius 1 is 1.19 bits per heavy atom. The molecule has 0 aromatic heterocycles. The summed E-state index contributed by atoms with van der Waals surface area (Å²) in [6.45, 7) is 6.79. The lowest BCUT2D eigenvalue weighted by molar-refractivity contribution is -0.106. The summed E-state index contributed by atoms with van der Waals surface area (Å²) in [7, 11) is 0. The third-order valence-corrected chi connectivity index (χ3v) is 5.15. The summed E-state index contributed by atoms with van der Waals surface area (Å²) < 4.78 is 6.17. The van der Waals surface area contributed by atoms with Crippen LogP contribution in [0.5, 0.6) is 11.5 Å². The fraction of sp³-hybridized carbons (Fsp3) is 0.455. The van der Waals surface area contributed by atoms with Crippen LogP contribution in [0.3, 0.4) is 0 Å². The van der Waals surface area contributed by atoms with Gasteiger partial charge in [0.15, 0.2) is 0 Å². The topological polar surface area (TPSA) is 52.9 Å². The van der Waals surface area contributed by atoms with Gasteiger partial charge in [-0.25, -0.2) is 0 Å². The number of hydrogen-bond acceptors (Lipinski definition) is 4. The highest BCUT2D eigenvalue weighted by Crippen LogP contribution is 2.31. The van der Waals surface area contributed by atoms with Gasteiger partial charge in [0.25, 0.3) is 0 Å². The van der Waals surface area contributed by atoms with E-state index in [1.54, 1.807) is 18.2 Å². The first-order chi connectivity index (χ1) is 12.5. The number of phenols is 1. The average Bonchev–Trinajstić information content (AvgIpc) is 2.61. The van der Waals surface area contributed by atoms with Crippen LogP contribution in [0.4, 0.5) is 0 Å². The zero-order valence-corrected chi connectivity index (χ0v) is 16.9. The van der Waals surface area contributed by atoms with Crippen LogP contribution in [-0.4, -0.2) is 46.5 Å². The highest BCUT2D eigenvalue weighted by Gasteiger charge is 2.43. The van der Waals surface area contributed by atoms with Gasteiger partial charge in [0.2, 0.25) is 0 Å². The minimum absolute atomic E-state index is 0. The zero-order chi connectivity index (χ0) is 18.6. The number of ether oxygens (including phenoxy) is 1. The molecule has 1 saturated heterocycles. The van der Waals surface area contributed by atoms with Crippen LogP contribution < -0.4 is 4.74 Å². The van der Waals surface area contributed by atoms with Gasteiger partial charge in [-0.1, -0.05) is 42.8 Å². The molecule has 0 spiro atoms. The number of aryl methyl sites for hydroxylation is 1. The van der Waals surface area contributed by atoms with Gasteiger partial charge in [-0.05, 0) is 44.0 Å². The smallest absolute Gasteiger partial charge is 0.140 e. The summed E-state index contributed by atoms with van der Waals surface area (Å²) in [4.78, 5) is 2.34. The molecule has 0 aliphatic carbocycles. The molecule has 1 aliphatic rings. The molecule has 2 aromatic carbocycles. The zero-order valence-electron chi connectivity index (χ0n) is 16.1. The molecule has 3 rings (SSSR count). The largest absolute Gasteiger partial charge is 0.508 e. The predicted molar refractivity (Wildman–Crippen MR) is 111 cm³/mol. The number of phenolic OH excluding ortho intramolecular Hbond substituents is 1. The second-order valence-electron chi connectivity index (χ2n) is 7.42. The predicted octanol–water partition coefficient (Wildman–Crippen LogP) is 3.96. The Labute approximate surface area is 168 Å². The lowest BCUT2D eigenvalue weighted by atomic mass is 9.82. The summed E-state index contributed by atoms with van der Waals surface area (Å²) in [6.07, 6.45) is 1.97. The average molecular weight is 392 g/mol. The third kappa shape index (κ3) is 5.61. The van der Waals surface area contributed by atoms with E-state index in [4.69, 9.17) is 4.74 Å². The Kier molecular flexibility index (Phi) is 7.54. The van der Waals surface area contributed by atoms with Crippen LogP contribution in [0.1, 0.15) is 30.9 Å². The Balaban J connectivity index is 0.00000261. The molecule has 0 saturated carbocycles. The Hall–Kier alpha value is -1.75. The van der Waals surface area contributed by atoms with E-state index in [-0.39, 0.29) is 24.3 Å². The van der Waals surface area contributed by atoms with Crippen molar-refractivity contribution < 1.29 is 14.9 Å². The Bertz CT molecular complexity index is 722. The number of halogens is 1. The van der Waals surface area contributed by atoms with E-state index in [9.17, 15) is 10.2 Å². The van der Waals surface area contributed by atoms with Gasteiger partial charge in [0, 0.05) is 25.6 Å². The van der Waals surface area contributed by atoms with Crippen molar-refractivity contribution in [2.24, 2.45) is 0 Å². The van der Waals surface area contributed by atoms with Crippen LogP contribution in [0.25, 0.3) is 0 Å². The normalized spacial score (nSPS) is 22.9. The second-order valence-corrected chi connectivity index (χ2v) is 7.42. The molecule has 1 heterocycles. The van der Waals surface area contributed by atoms with Crippen LogP contribution >= 0.6 is 12.4 Å². The van der Waals surface area contributed by atoms with Crippen LogP contribution in [0.15, 0.2) is 48.5 Å². The Morgan fingerprint density at radius 3 is 2.59 bits per heavy atom. The molecule has 148 valence electrons. The van der Waals surface area contributed by atoms with Crippen molar-refractivity contribution in [2.75, 3.05) is 19.6 Å². The minimum Gasteiger partial charge on any atom is -0.508 e. The maximum Gasteiger partial charge on any atom is 0.140 e. The Morgan fingerprint density at radius 2 is 1.93 bits per heavy atom. The van der Waals surface area contributed by atoms with Gasteiger partial charge < -0.3 is 14.9 Å². The van der Waals surface area contributed by atoms with E-state index >= 15 is 0 Å².